The van der Waals surface area contributed by atoms with E-state index < -0.39 is 0 Å². The topological polar surface area (TPSA) is 35.8 Å². The maximum atomic E-state index is 8.89. The molecule has 0 aromatic carbocycles. The first-order valence-electron chi connectivity index (χ1n) is 6.26. The summed E-state index contributed by atoms with van der Waals surface area (Å²) < 4.78 is 0. The molecule has 1 aliphatic rings. The summed E-state index contributed by atoms with van der Waals surface area (Å²) in [6.07, 6.45) is 8.38. The van der Waals surface area contributed by atoms with Gasteiger partial charge >= 0.3 is 0 Å². The van der Waals surface area contributed by atoms with Gasteiger partial charge in [-0.1, -0.05) is 25.7 Å². The molecule has 0 heterocycles. The number of nitrogens with one attached hydrogen (secondary N) is 1. The minimum atomic E-state index is -0.218. The molecule has 1 fully saturated rings. The summed E-state index contributed by atoms with van der Waals surface area (Å²) in [7, 11) is 0. The average molecular weight is 208 g/mol. The molecule has 0 unspecified atom stereocenters. The van der Waals surface area contributed by atoms with Crippen LogP contribution in [-0.4, -0.2) is 13.1 Å². The maximum Gasteiger partial charge on any atom is 0.0697 e. The van der Waals surface area contributed by atoms with Crippen LogP contribution in [0.3, 0.4) is 0 Å². The number of nitrogens with zero attached hydrogens (tertiary/aromatic N) is 1. The Hall–Kier alpha value is -0.550. The van der Waals surface area contributed by atoms with Crippen LogP contribution < -0.4 is 5.32 Å². The summed E-state index contributed by atoms with van der Waals surface area (Å²) in [5.41, 5.74) is -0.218. The van der Waals surface area contributed by atoms with E-state index in [1.165, 1.54) is 38.5 Å². The molecule has 86 valence electrons. The molecule has 2 nitrogen and oxygen atoms in total. The second-order valence-corrected chi connectivity index (χ2v) is 5.48. The fraction of sp³-hybridized carbons (Fsp3) is 0.923. The van der Waals surface area contributed by atoms with Crippen molar-refractivity contribution >= 4 is 0 Å². The van der Waals surface area contributed by atoms with Gasteiger partial charge in [0, 0.05) is 6.54 Å². The summed E-state index contributed by atoms with van der Waals surface area (Å²) in [4.78, 5) is 0. The van der Waals surface area contributed by atoms with Crippen LogP contribution in [0.5, 0.6) is 0 Å². The first kappa shape index (κ1) is 12.5. The maximum absolute atomic E-state index is 8.89. The third-order valence-electron chi connectivity index (χ3n) is 3.28. The number of rotatable bonds is 4. The molecule has 0 saturated heterocycles. The van der Waals surface area contributed by atoms with Crippen LogP contribution in [0.1, 0.15) is 52.4 Å². The van der Waals surface area contributed by atoms with Gasteiger partial charge in [-0.3, -0.25) is 0 Å². The molecule has 1 rings (SSSR count). The lowest BCUT2D eigenvalue weighted by atomic mass is 9.95. The molecule has 0 aromatic rings. The third kappa shape index (κ3) is 5.18. The Kier molecular flexibility index (Phi) is 5.11. The van der Waals surface area contributed by atoms with Crippen molar-refractivity contribution in [2.75, 3.05) is 13.1 Å². The Morgan fingerprint density at radius 2 is 1.80 bits per heavy atom. The lowest BCUT2D eigenvalue weighted by Crippen LogP contribution is -2.31. The van der Waals surface area contributed by atoms with Crippen LogP contribution in [-0.2, 0) is 0 Å². The molecule has 15 heavy (non-hydrogen) atoms. The molecule has 1 aliphatic carbocycles. The Balaban J connectivity index is 2.16. The summed E-state index contributed by atoms with van der Waals surface area (Å²) >= 11 is 0. The third-order valence-corrected chi connectivity index (χ3v) is 3.28. The molecule has 0 bridgehead atoms. The molecule has 0 radical (unpaired) electrons. The van der Waals surface area contributed by atoms with Crippen molar-refractivity contribution < 1.29 is 0 Å². The first-order chi connectivity index (χ1) is 7.14. The van der Waals surface area contributed by atoms with Gasteiger partial charge in [-0.15, -0.1) is 0 Å². The number of nitriles is 1. The smallest absolute Gasteiger partial charge is 0.0697 e. The fourth-order valence-corrected chi connectivity index (χ4v) is 2.20. The summed E-state index contributed by atoms with van der Waals surface area (Å²) in [6, 6.07) is 2.33. The molecule has 2 heteroatoms. The van der Waals surface area contributed by atoms with Gasteiger partial charge < -0.3 is 5.32 Å². The van der Waals surface area contributed by atoms with Crippen molar-refractivity contribution in [3.05, 3.63) is 0 Å². The number of hydrogen-bond donors (Lipinski definition) is 1. The van der Waals surface area contributed by atoms with Gasteiger partial charge in [-0.25, -0.2) is 0 Å². The highest BCUT2D eigenvalue weighted by Crippen LogP contribution is 2.22. The quantitative estimate of drug-likeness (QED) is 0.721. The molecular formula is C13H24N2. The van der Waals surface area contributed by atoms with Crippen LogP contribution in [0.25, 0.3) is 0 Å². The normalized spacial score (nSPS) is 19.5. The van der Waals surface area contributed by atoms with E-state index in [4.69, 9.17) is 5.26 Å². The molecule has 0 spiro atoms. The van der Waals surface area contributed by atoms with Crippen molar-refractivity contribution in [2.45, 2.75) is 52.4 Å². The van der Waals surface area contributed by atoms with Crippen molar-refractivity contribution in [2.24, 2.45) is 11.3 Å². The standard InChI is InChI=1S/C13H24N2/c1-13(2,10-14)11-15-9-12-7-5-3-4-6-8-12/h12,15H,3-9,11H2,1-2H3. The van der Waals surface area contributed by atoms with Crippen LogP contribution in [0, 0.1) is 22.7 Å². The lowest BCUT2D eigenvalue weighted by molar-refractivity contribution is 0.380. The largest absolute Gasteiger partial charge is 0.315 e. The van der Waals surface area contributed by atoms with Crippen molar-refractivity contribution in [3.8, 4) is 6.07 Å². The Morgan fingerprint density at radius 3 is 2.33 bits per heavy atom. The first-order valence-corrected chi connectivity index (χ1v) is 6.26. The van der Waals surface area contributed by atoms with E-state index in [9.17, 15) is 0 Å². The van der Waals surface area contributed by atoms with Gasteiger partial charge in [-0.05, 0) is 39.2 Å². The second kappa shape index (κ2) is 6.12. The van der Waals surface area contributed by atoms with E-state index in [1.807, 2.05) is 13.8 Å². The highest BCUT2D eigenvalue weighted by atomic mass is 14.9. The van der Waals surface area contributed by atoms with Gasteiger partial charge in [0.15, 0.2) is 0 Å². The van der Waals surface area contributed by atoms with Gasteiger partial charge in [0.2, 0.25) is 0 Å². The Morgan fingerprint density at radius 1 is 1.20 bits per heavy atom. The minimum absolute atomic E-state index is 0.218. The second-order valence-electron chi connectivity index (χ2n) is 5.48. The highest BCUT2D eigenvalue weighted by Gasteiger charge is 2.17. The fourth-order valence-electron chi connectivity index (χ4n) is 2.20. The SMILES string of the molecule is CC(C)(C#N)CNCC1CCCCCC1. The van der Waals surface area contributed by atoms with Crippen molar-refractivity contribution in [1.82, 2.24) is 5.32 Å². The minimum Gasteiger partial charge on any atom is -0.315 e. The van der Waals surface area contributed by atoms with Crippen LogP contribution in [0.15, 0.2) is 0 Å². The summed E-state index contributed by atoms with van der Waals surface area (Å²) in [5, 5.41) is 12.3. The predicted octanol–water partition coefficient (Wildman–Crippen LogP) is 3.10. The highest BCUT2D eigenvalue weighted by molar-refractivity contribution is 4.93. The summed E-state index contributed by atoms with van der Waals surface area (Å²) in [5.74, 6) is 0.849. The van der Waals surface area contributed by atoms with E-state index >= 15 is 0 Å². The molecular weight excluding hydrogens is 184 g/mol. The number of hydrogen-bond acceptors (Lipinski definition) is 2. The predicted molar refractivity (Wildman–Crippen MR) is 63.5 cm³/mol. The van der Waals surface area contributed by atoms with Gasteiger partial charge in [0.05, 0.1) is 11.5 Å². The van der Waals surface area contributed by atoms with Crippen molar-refractivity contribution in [3.63, 3.8) is 0 Å². The summed E-state index contributed by atoms with van der Waals surface area (Å²) in [6.45, 7) is 5.91. The average Bonchev–Trinajstić information content (AvgIpc) is 2.46. The van der Waals surface area contributed by atoms with Gasteiger partial charge in [0.1, 0.15) is 0 Å². The van der Waals surface area contributed by atoms with E-state index in [1.54, 1.807) is 0 Å². The molecule has 1 saturated carbocycles. The van der Waals surface area contributed by atoms with Crippen LogP contribution in [0.4, 0.5) is 0 Å². The van der Waals surface area contributed by atoms with E-state index in [-0.39, 0.29) is 5.41 Å². The molecule has 0 atom stereocenters. The van der Waals surface area contributed by atoms with Crippen LogP contribution in [0.2, 0.25) is 0 Å². The van der Waals surface area contributed by atoms with E-state index in [0.29, 0.717) is 0 Å². The molecule has 0 aliphatic heterocycles. The van der Waals surface area contributed by atoms with Gasteiger partial charge in [-0.2, -0.15) is 5.26 Å². The van der Waals surface area contributed by atoms with Gasteiger partial charge in [0.25, 0.3) is 0 Å². The Bertz CT molecular complexity index is 207. The van der Waals surface area contributed by atoms with E-state index in [0.717, 1.165) is 19.0 Å². The zero-order chi connectivity index (χ0) is 11.1. The Labute approximate surface area is 94.1 Å². The molecule has 0 aromatic heterocycles. The van der Waals surface area contributed by atoms with E-state index in [2.05, 4.69) is 11.4 Å². The molecule has 1 N–H and O–H groups in total. The molecule has 0 amide bonds. The zero-order valence-corrected chi connectivity index (χ0v) is 10.2. The monoisotopic (exact) mass is 208 g/mol. The van der Waals surface area contributed by atoms with Crippen molar-refractivity contribution in [1.29, 1.82) is 5.26 Å². The lowest BCUT2D eigenvalue weighted by Gasteiger charge is -2.19. The zero-order valence-electron chi connectivity index (χ0n) is 10.2. The van der Waals surface area contributed by atoms with Crippen LogP contribution >= 0.6 is 0 Å².